The molecule has 1 heterocycles. The molecule has 152 valence electrons. The Hall–Kier alpha value is -2.70. The van der Waals surface area contributed by atoms with E-state index in [1.54, 1.807) is 38.1 Å². The van der Waals surface area contributed by atoms with Crippen LogP contribution in [0, 0.1) is 5.92 Å². The molecule has 7 nitrogen and oxygen atoms in total. The quantitative estimate of drug-likeness (QED) is 0.392. The van der Waals surface area contributed by atoms with Crippen molar-refractivity contribution in [2.24, 2.45) is 10.9 Å². The highest BCUT2D eigenvalue weighted by molar-refractivity contribution is 6.08. The minimum Gasteiger partial charge on any atom is -0.465 e. The molecular formula is C21H28N2O5. The highest BCUT2D eigenvalue weighted by atomic mass is 16.5. The highest BCUT2D eigenvalue weighted by Crippen LogP contribution is 2.29. The third kappa shape index (κ3) is 5.90. The van der Waals surface area contributed by atoms with Crippen molar-refractivity contribution in [2.75, 3.05) is 6.61 Å². The molecule has 1 aliphatic rings. The van der Waals surface area contributed by atoms with Crippen LogP contribution in [0.15, 0.2) is 29.3 Å². The van der Waals surface area contributed by atoms with E-state index in [-0.39, 0.29) is 12.6 Å². The Balaban J connectivity index is 2.06. The van der Waals surface area contributed by atoms with E-state index in [0.29, 0.717) is 23.4 Å². The van der Waals surface area contributed by atoms with Gasteiger partial charge in [0.25, 0.3) is 0 Å². The van der Waals surface area contributed by atoms with Crippen LogP contribution < -0.4 is 10.1 Å². The molecule has 0 bridgehead atoms. The Morgan fingerprint density at radius 1 is 1.11 bits per heavy atom. The number of aliphatic imine (C=N–C) groups is 1. The lowest BCUT2D eigenvalue weighted by Crippen LogP contribution is -2.44. The summed E-state index contributed by atoms with van der Waals surface area (Å²) in [5.74, 6) is -0.951. The molecule has 0 radical (unpaired) electrons. The fourth-order valence-corrected chi connectivity index (χ4v) is 3.16. The predicted octanol–water partition coefficient (Wildman–Crippen LogP) is 3.97. The lowest BCUT2D eigenvalue weighted by atomic mass is 9.88. The van der Waals surface area contributed by atoms with Crippen LogP contribution in [0.4, 0.5) is 4.79 Å². The van der Waals surface area contributed by atoms with Crippen LogP contribution in [-0.4, -0.2) is 30.3 Å². The number of carbonyl (C=O) groups is 3. The first-order valence-corrected chi connectivity index (χ1v) is 9.79. The van der Waals surface area contributed by atoms with E-state index in [2.05, 4.69) is 17.2 Å². The molecule has 2 unspecified atom stereocenters. The maximum Gasteiger partial charge on any atom is 0.341 e. The summed E-state index contributed by atoms with van der Waals surface area (Å²) >= 11 is 0. The Bertz CT molecular complexity index is 727. The van der Waals surface area contributed by atoms with Gasteiger partial charge in [0.15, 0.2) is 0 Å². The SMILES string of the molecule is CCCCCCC(=O)Oc1ccc(C2NC(=O)N=C(C)C2C(=O)OCC)cc1. The van der Waals surface area contributed by atoms with Crippen LogP contribution >= 0.6 is 0 Å². The molecule has 0 spiro atoms. The van der Waals surface area contributed by atoms with Crippen molar-refractivity contribution in [3.63, 3.8) is 0 Å². The predicted molar refractivity (Wildman–Crippen MR) is 105 cm³/mol. The second-order valence-electron chi connectivity index (χ2n) is 6.76. The maximum atomic E-state index is 12.3. The van der Waals surface area contributed by atoms with Gasteiger partial charge in [0.2, 0.25) is 0 Å². The summed E-state index contributed by atoms with van der Waals surface area (Å²) in [5, 5.41) is 2.72. The van der Waals surface area contributed by atoms with Crippen LogP contribution in [0.5, 0.6) is 5.75 Å². The van der Waals surface area contributed by atoms with Crippen LogP contribution in [0.1, 0.15) is 64.5 Å². The Morgan fingerprint density at radius 3 is 2.46 bits per heavy atom. The van der Waals surface area contributed by atoms with Crippen LogP contribution in [-0.2, 0) is 14.3 Å². The number of urea groups is 1. The van der Waals surface area contributed by atoms with E-state index in [1.165, 1.54) is 0 Å². The summed E-state index contributed by atoms with van der Waals surface area (Å²) in [6, 6.07) is 5.71. The van der Waals surface area contributed by atoms with Gasteiger partial charge in [-0.05, 0) is 38.0 Å². The van der Waals surface area contributed by atoms with Crippen molar-refractivity contribution >= 4 is 23.7 Å². The summed E-state index contributed by atoms with van der Waals surface area (Å²) in [6.07, 6.45) is 4.45. The van der Waals surface area contributed by atoms with Gasteiger partial charge in [0.05, 0.1) is 12.6 Å². The van der Waals surface area contributed by atoms with E-state index in [1.807, 2.05) is 0 Å². The first-order chi connectivity index (χ1) is 13.5. The number of ether oxygens (including phenoxy) is 2. The maximum absolute atomic E-state index is 12.3. The third-order valence-electron chi connectivity index (χ3n) is 4.59. The fourth-order valence-electron chi connectivity index (χ4n) is 3.16. The summed E-state index contributed by atoms with van der Waals surface area (Å²) in [4.78, 5) is 39.9. The normalized spacial score (nSPS) is 18.8. The molecule has 0 fully saturated rings. The molecule has 0 saturated carbocycles. The fraction of sp³-hybridized carbons (Fsp3) is 0.524. The van der Waals surface area contributed by atoms with Gasteiger partial charge < -0.3 is 14.8 Å². The number of unbranched alkanes of at least 4 members (excludes halogenated alkanes) is 3. The second kappa shape index (κ2) is 10.6. The molecule has 28 heavy (non-hydrogen) atoms. The molecule has 2 rings (SSSR count). The molecule has 0 aliphatic carbocycles. The van der Waals surface area contributed by atoms with E-state index < -0.39 is 24.0 Å². The summed E-state index contributed by atoms with van der Waals surface area (Å²) in [7, 11) is 0. The van der Waals surface area contributed by atoms with Crippen molar-refractivity contribution in [3.8, 4) is 5.75 Å². The number of nitrogens with zero attached hydrogens (tertiary/aromatic N) is 1. The molecule has 1 N–H and O–H groups in total. The summed E-state index contributed by atoms with van der Waals surface area (Å²) in [5.41, 5.74) is 1.12. The molecular weight excluding hydrogens is 360 g/mol. The largest absolute Gasteiger partial charge is 0.465 e. The number of carbonyl (C=O) groups excluding carboxylic acids is 3. The van der Waals surface area contributed by atoms with Gasteiger partial charge in [-0.15, -0.1) is 0 Å². The second-order valence-corrected chi connectivity index (χ2v) is 6.76. The van der Waals surface area contributed by atoms with Crippen molar-refractivity contribution in [3.05, 3.63) is 29.8 Å². The van der Waals surface area contributed by atoms with Crippen molar-refractivity contribution in [2.45, 2.75) is 58.9 Å². The molecule has 1 aliphatic heterocycles. The molecule has 2 amide bonds. The van der Waals surface area contributed by atoms with E-state index in [9.17, 15) is 14.4 Å². The Labute approximate surface area is 165 Å². The monoisotopic (exact) mass is 388 g/mol. The summed E-state index contributed by atoms with van der Waals surface area (Å²) < 4.78 is 10.5. The van der Waals surface area contributed by atoms with Gasteiger partial charge in [-0.3, -0.25) is 9.59 Å². The minimum atomic E-state index is -0.690. The van der Waals surface area contributed by atoms with E-state index in [0.717, 1.165) is 25.7 Å². The number of rotatable bonds is 9. The van der Waals surface area contributed by atoms with Gasteiger partial charge in [0.1, 0.15) is 11.7 Å². The minimum absolute atomic E-state index is 0.246. The van der Waals surface area contributed by atoms with E-state index >= 15 is 0 Å². The van der Waals surface area contributed by atoms with Gasteiger partial charge in [-0.1, -0.05) is 38.3 Å². The van der Waals surface area contributed by atoms with Crippen LogP contribution in [0.2, 0.25) is 0 Å². The zero-order chi connectivity index (χ0) is 20.5. The number of hydrogen-bond donors (Lipinski definition) is 1. The molecule has 1 aromatic rings. The topological polar surface area (TPSA) is 94.1 Å². The van der Waals surface area contributed by atoms with Gasteiger partial charge >= 0.3 is 18.0 Å². The lowest BCUT2D eigenvalue weighted by Gasteiger charge is -2.29. The molecule has 0 saturated heterocycles. The van der Waals surface area contributed by atoms with E-state index in [4.69, 9.17) is 9.47 Å². The van der Waals surface area contributed by atoms with Crippen molar-refractivity contribution < 1.29 is 23.9 Å². The van der Waals surface area contributed by atoms with Gasteiger partial charge in [0, 0.05) is 12.1 Å². The number of amides is 2. The zero-order valence-electron chi connectivity index (χ0n) is 16.7. The number of benzene rings is 1. The average Bonchev–Trinajstić information content (AvgIpc) is 2.65. The van der Waals surface area contributed by atoms with Crippen LogP contribution in [0.3, 0.4) is 0 Å². The zero-order valence-corrected chi connectivity index (χ0v) is 16.7. The smallest absolute Gasteiger partial charge is 0.341 e. The molecule has 2 atom stereocenters. The van der Waals surface area contributed by atoms with Crippen molar-refractivity contribution in [1.29, 1.82) is 0 Å². The first kappa shape index (κ1) is 21.6. The standard InChI is InChI=1S/C21H28N2O5/c1-4-6-7-8-9-17(24)28-16-12-10-15(11-13-16)19-18(20(25)27-5-2)14(3)22-21(26)23-19/h10-13,18-19H,4-9H2,1-3H3,(H,23,26). The number of hydrogen-bond acceptors (Lipinski definition) is 5. The van der Waals surface area contributed by atoms with Crippen LogP contribution in [0.25, 0.3) is 0 Å². The third-order valence-corrected chi connectivity index (χ3v) is 4.59. The Kier molecular flexibility index (Phi) is 8.17. The molecule has 7 heteroatoms. The lowest BCUT2D eigenvalue weighted by molar-refractivity contribution is -0.146. The summed E-state index contributed by atoms with van der Waals surface area (Å²) in [6.45, 7) is 5.74. The van der Waals surface area contributed by atoms with Crippen molar-refractivity contribution in [1.82, 2.24) is 5.32 Å². The molecule has 1 aromatic carbocycles. The number of nitrogens with one attached hydrogen (secondary N) is 1. The first-order valence-electron chi connectivity index (χ1n) is 9.79. The molecule has 0 aromatic heterocycles. The average molecular weight is 388 g/mol. The van der Waals surface area contributed by atoms with Gasteiger partial charge in [-0.25, -0.2) is 9.79 Å². The van der Waals surface area contributed by atoms with Gasteiger partial charge in [-0.2, -0.15) is 0 Å². The highest BCUT2D eigenvalue weighted by Gasteiger charge is 2.37. The number of esters is 2. The Morgan fingerprint density at radius 2 is 1.82 bits per heavy atom.